The molecule has 8 heteroatoms. The van der Waals surface area contributed by atoms with Crippen molar-refractivity contribution >= 4 is 21.6 Å². The van der Waals surface area contributed by atoms with Gasteiger partial charge in [-0.2, -0.15) is 0 Å². The standard InChI is InChI=1S/C21H22N2O5S/c1-2-23(29(25,26)20-8-4-3-5-9-20)17-10-12-18(13-11-17)28-16-21(24)22-15-19-7-6-14-27-19/h3-14H,2,15-16H2,1H3,(H,22,24). The molecule has 3 rings (SSSR count). The molecule has 3 aromatic rings. The van der Waals surface area contributed by atoms with Crippen LogP contribution in [0.2, 0.25) is 0 Å². The maximum Gasteiger partial charge on any atom is 0.264 e. The van der Waals surface area contributed by atoms with Gasteiger partial charge in [-0.15, -0.1) is 0 Å². The Morgan fingerprint density at radius 1 is 1.03 bits per heavy atom. The van der Waals surface area contributed by atoms with Crippen molar-refractivity contribution in [3.63, 3.8) is 0 Å². The number of sulfonamides is 1. The van der Waals surface area contributed by atoms with Gasteiger partial charge in [0.15, 0.2) is 6.61 Å². The SMILES string of the molecule is CCN(c1ccc(OCC(=O)NCc2ccco2)cc1)S(=O)(=O)c1ccccc1. The van der Waals surface area contributed by atoms with E-state index < -0.39 is 10.0 Å². The van der Waals surface area contributed by atoms with E-state index in [0.29, 0.717) is 17.2 Å². The van der Waals surface area contributed by atoms with E-state index in [9.17, 15) is 13.2 Å². The third-order valence-corrected chi connectivity index (χ3v) is 6.07. The minimum absolute atomic E-state index is 0.153. The van der Waals surface area contributed by atoms with Gasteiger partial charge in [-0.05, 0) is 55.5 Å². The molecule has 1 amide bonds. The van der Waals surface area contributed by atoms with Gasteiger partial charge < -0.3 is 14.5 Å². The highest BCUT2D eigenvalue weighted by atomic mass is 32.2. The van der Waals surface area contributed by atoms with E-state index >= 15 is 0 Å². The maximum atomic E-state index is 12.9. The fourth-order valence-electron chi connectivity index (χ4n) is 2.72. The molecule has 0 atom stereocenters. The number of furan rings is 1. The highest BCUT2D eigenvalue weighted by Gasteiger charge is 2.23. The second kappa shape index (κ2) is 9.29. The number of ether oxygens (including phenoxy) is 1. The van der Waals surface area contributed by atoms with Crippen molar-refractivity contribution in [3.8, 4) is 5.75 Å². The molecular formula is C21H22N2O5S. The number of carbonyl (C=O) groups is 1. The van der Waals surface area contributed by atoms with Gasteiger partial charge in [0.2, 0.25) is 0 Å². The number of hydrogen-bond donors (Lipinski definition) is 1. The van der Waals surface area contributed by atoms with E-state index in [2.05, 4.69) is 5.32 Å². The molecule has 29 heavy (non-hydrogen) atoms. The lowest BCUT2D eigenvalue weighted by atomic mass is 10.3. The average molecular weight is 414 g/mol. The Morgan fingerprint density at radius 2 is 1.76 bits per heavy atom. The van der Waals surface area contributed by atoms with Crippen molar-refractivity contribution in [2.24, 2.45) is 0 Å². The van der Waals surface area contributed by atoms with Gasteiger partial charge in [0.1, 0.15) is 11.5 Å². The van der Waals surface area contributed by atoms with Crippen LogP contribution in [0.5, 0.6) is 5.75 Å². The van der Waals surface area contributed by atoms with Crippen LogP contribution in [0.4, 0.5) is 5.69 Å². The smallest absolute Gasteiger partial charge is 0.264 e. The van der Waals surface area contributed by atoms with Gasteiger partial charge in [0.05, 0.1) is 23.4 Å². The second-order valence-electron chi connectivity index (χ2n) is 6.12. The summed E-state index contributed by atoms with van der Waals surface area (Å²) in [4.78, 5) is 12.1. The van der Waals surface area contributed by atoms with Crippen LogP contribution in [0.3, 0.4) is 0 Å². The predicted octanol–water partition coefficient (Wildman–Crippen LogP) is 3.19. The Balaban J connectivity index is 1.60. The Hall–Kier alpha value is -3.26. The summed E-state index contributed by atoms with van der Waals surface area (Å²) in [6.45, 7) is 2.19. The van der Waals surface area contributed by atoms with Crippen molar-refractivity contribution in [1.82, 2.24) is 5.32 Å². The molecular weight excluding hydrogens is 392 g/mol. The quantitative estimate of drug-likeness (QED) is 0.581. The number of rotatable bonds is 9. The summed E-state index contributed by atoms with van der Waals surface area (Å²) in [5.74, 6) is 0.837. The molecule has 0 aliphatic rings. The summed E-state index contributed by atoms with van der Waals surface area (Å²) in [5, 5.41) is 2.69. The summed E-state index contributed by atoms with van der Waals surface area (Å²) in [5.41, 5.74) is 0.519. The summed E-state index contributed by atoms with van der Waals surface area (Å²) in [6, 6.07) is 18.4. The van der Waals surface area contributed by atoms with Gasteiger partial charge >= 0.3 is 0 Å². The van der Waals surface area contributed by atoms with Gasteiger partial charge in [-0.25, -0.2) is 8.42 Å². The first-order valence-electron chi connectivity index (χ1n) is 9.10. The monoisotopic (exact) mass is 414 g/mol. The van der Waals surface area contributed by atoms with Crippen LogP contribution in [0.25, 0.3) is 0 Å². The molecule has 2 aromatic carbocycles. The van der Waals surface area contributed by atoms with Crippen LogP contribution in [0.15, 0.2) is 82.3 Å². The molecule has 0 radical (unpaired) electrons. The Kier molecular flexibility index (Phi) is 6.56. The van der Waals surface area contributed by atoms with E-state index in [0.717, 1.165) is 0 Å². The van der Waals surface area contributed by atoms with Crippen molar-refractivity contribution in [1.29, 1.82) is 0 Å². The zero-order valence-electron chi connectivity index (χ0n) is 15.9. The third kappa shape index (κ3) is 5.17. The maximum absolute atomic E-state index is 12.9. The predicted molar refractivity (Wildman–Crippen MR) is 109 cm³/mol. The molecule has 152 valence electrons. The van der Waals surface area contributed by atoms with Crippen molar-refractivity contribution in [2.45, 2.75) is 18.4 Å². The normalized spacial score (nSPS) is 11.1. The van der Waals surface area contributed by atoms with Crippen LogP contribution >= 0.6 is 0 Å². The largest absolute Gasteiger partial charge is 0.484 e. The van der Waals surface area contributed by atoms with Crippen molar-refractivity contribution < 1.29 is 22.4 Å². The van der Waals surface area contributed by atoms with Gasteiger partial charge in [0.25, 0.3) is 15.9 Å². The van der Waals surface area contributed by atoms with E-state index in [1.54, 1.807) is 73.7 Å². The van der Waals surface area contributed by atoms with Crippen LogP contribution in [0, 0.1) is 0 Å². The second-order valence-corrected chi connectivity index (χ2v) is 7.98. The van der Waals surface area contributed by atoms with E-state index in [1.807, 2.05) is 0 Å². The van der Waals surface area contributed by atoms with Crippen LogP contribution in [0.1, 0.15) is 12.7 Å². The van der Waals surface area contributed by atoms with E-state index in [-0.39, 0.29) is 30.5 Å². The molecule has 0 aliphatic carbocycles. The number of carbonyl (C=O) groups excluding carboxylic acids is 1. The molecule has 1 heterocycles. The van der Waals surface area contributed by atoms with Crippen molar-refractivity contribution in [2.75, 3.05) is 17.5 Å². The zero-order chi connectivity index (χ0) is 20.7. The van der Waals surface area contributed by atoms with Crippen LogP contribution in [-0.4, -0.2) is 27.5 Å². The summed E-state index contributed by atoms with van der Waals surface area (Å²) in [7, 11) is -3.65. The Morgan fingerprint density at radius 3 is 2.38 bits per heavy atom. The third-order valence-electron chi connectivity index (χ3n) is 4.15. The Bertz CT molecular complexity index is 1020. The van der Waals surface area contributed by atoms with Crippen molar-refractivity contribution in [3.05, 3.63) is 78.8 Å². The summed E-state index contributed by atoms with van der Waals surface area (Å²) >= 11 is 0. The lowest BCUT2D eigenvalue weighted by Crippen LogP contribution is -2.30. The van der Waals surface area contributed by atoms with Gasteiger partial charge in [-0.3, -0.25) is 9.10 Å². The highest BCUT2D eigenvalue weighted by molar-refractivity contribution is 7.92. The topological polar surface area (TPSA) is 88.8 Å². The lowest BCUT2D eigenvalue weighted by Gasteiger charge is -2.23. The van der Waals surface area contributed by atoms with Crippen LogP contribution in [-0.2, 0) is 21.4 Å². The fraction of sp³-hybridized carbons (Fsp3) is 0.190. The lowest BCUT2D eigenvalue weighted by molar-refractivity contribution is -0.123. The minimum atomic E-state index is -3.65. The minimum Gasteiger partial charge on any atom is -0.484 e. The Labute approximate surface area is 170 Å². The number of nitrogens with zero attached hydrogens (tertiary/aromatic N) is 1. The number of nitrogens with one attached hydrogen (secondary N) is 1. The zero-order valence-corrected chi connectivity index (χ0v) is 16.8. The molecule has 0 spiro atoms. The first-order valence-corrected chi connectivity index (χ1v) is 10.5. The number of benzene rings is 2. The summed E-state index contributed by atoms with van der Waals surface area (Å²) in [6.07, 6.45) is 1.54. The van der Waals surface area contributed by atoms with Gasteiger partial charge in [0, 0.05) is 6.54 Å². The molecule has 0 bridgehead atoms. The summed E-state index contributed by atoms with van der Waals surface area (Å²) < 4.78 is 37.7. The molecule has 0 fully saturated rings. The van der Waals surface area contributed by atoms with E-state index in [1.165, 1.54) is 10.6 Å². The molecule has 1 aromatic heterocycles. The molecule has 0 aliphatic heterocycles. The number of hydrogen-bond acceptors (Lipinski definition) is 5. The fourth-order valence-corrected chi connectivity index (χ4v) is 4.21. The first kappa shape index (κ1) is 20.5. The molecule has 1 N–H and O–H groups in total. The van der Waals surface area contributed by atoms with Gasteiger partial charge in [-0.1, -0.05) is 18.2 Å². The molecule has 0 unspecified atom stereocenters. The van der Waals surface area contributed by atoms with Crippen LogP contribution < -0.4 is 14.4 Å². The first-order chi connectivity index (χ1) is 14.0. The number of anilines is 1. The molecule has 7 nitrogen and oxygen atoms in total. The molecule has 0 saturated carbocycles. The molecule has 0 saturated heterocycles. The highest BCUT2D eigenvalue weighted by Crippen LogP contribution is 2.25. The van der Waals surface area contributed by atoms with E-state index in [4.69, 9.17) is 9.15 Å². The average Bonchev–Trinajstić information content (AvgIpc) is 3.26. The number of amides is 1.